The van der Waals surface area contributed by atoms with Crippen LogP contribution in [0.15, 0.2) is 91.1 Å². The van der Waals surface area contributed by atoms with E-state index < -0.39 is 0 Å². The summed E-state index contributed by atoms with van der Waals surface area (Å²) in [5.74, 6) is 0.0188. The lowest BCUT2D eigenvalue weighted by molar-refractivity contribution is 1.18. The van der Waals surface area contributed by atoms with E-state index in [1.807, 2.05) is 29.5 Å². The second-order valence-electron chi connectivity index (χ2n) is 9.22. The van der Waals surface area contributed by atoms with E-state index in [0.717, 1.165) is 31.7 Å². The highest BCUT2D eigenvalue weighted by Crippen LogP contribution is 2.47. The first kappa shape index (κ1) is 22.0. The van der Waals surface area contributed by atoms with Crippen molar-refractivity contribution in [2.45, 2.75) is 0 Å². The van der Waals surface area contributed by atoms with Crippen LogP contribution in [0.2, 0.25) is 0 Å². The zero-order chi connectivity index (χ0) is 26.1. The predicted octanol–water partition coefficient (Wildman–Crippen LogP) is 9.25. The van der Waals surface area contributed by atoms with E-state index >= 15 is 0 Å². The largest absolute Gasteiger partial charge is 0.358 e. The molecule has 0 aliphatic rings. The SMILES string of the molecule is [C-]#[N+]c1nc(-c2c(-n3c4ccccc4c4ccc5c6ccccc6sc5c43)sc3ccccc23)cnc1C#N. The van der Waals surface area contributed by atoms with E-state index in [1.165, 1.54) is 30.9 Å². The lowest BCUT2D eigenvalue weighted by Crippen LogP contribution is -1.96. The van der Waals surface area contributed by atoms with Crippen LogP contribution in [-0.2, 0) is 0 Å². The smallest absolute Gasteiger partial charge is 0.306 e. The molecular formula is C32H15N5S2. The van der Waals surface area contributed by atoms with Crippen LogP contribution in [0.3, 0.4) is 0 Å². The molecule has 0 spiro atoms. The van der Waals surface area contributed by atoms with Crippen LogP contribution in [0.5, 0.6) is 0 Å². The average Bonchev–Trinajstić information content (AvgIpc) is 3.66. The standard InChI is InChI=1S/C32H15N5S2/c1-34-31-23(16-33)35-17-24(36-31)28-22-10-4-7-13-27(22)39-32(28)37-25-11-5-2-8-18(25)20-14-15-21-19-9-3-6-12-26(19)38-30(21)29(20)37/h2-15,17H. The average molecular weight is 534 g/mol. The number of benzene rings is 4. The molecule has 0 saturated carbocycles. The number of hydrogen-bond acceptors (Lipinski definition) is 5. The Bertz CT molecular complexity index is 2380. The van der Waals surface area contributed by atoms with Crippen LogP contribution in [0.1, 0.15) is 5.69 Å². The highest BCUT2D eigenvalue weighted by molar-refractivity contribution is 7.26. The first-order chi connectivity index (χ1) is 19.3. The van der Waals surface area contributed by atoms with Crippen molar-refractivity contribution in [1.82, 2.24) is 14.5 Å². The monoisotopic (exact) mass is 533 g/mol. The third kappa shape index (κ3) is 3.03. The van der Waals surface area contributed by atoms with Gasteiger partial charge in [0.2, 0.25) is 0 Å². The molecule has 4 aromatic carbocycles. The number of aromatic nitrogens is 3. The van der Waals surface area contributed by atoms with Gasteiger partial charge in [-0.2, -0.15) is 5.26 Å². The highest BCUT2D eigenvalue weighted by atomic mass is 32.1. The summed E-state index contributed by atoms with van der Waals surface area (Å²) in [5, 5.41) is 16.4. The van der Waals surface area contributed by atoms with Gasteiger partial charge in [-0.15, -0.1) is 27.7 Å². The molecule has 39 heavy (non-hydrogen) atoms. The van der Waals surface area contributed by atoms with Gasteiger partial charge in [0.15, 0.2) is 11.4 Å². The lowest BCUT2D eigenvalue weighted by atomic mass is 10.1. The quantitative estimate of drug-likeness (QED) is 0.208. The molecular weight excluding hydrogens is 519 g/mol. The van der Waals surface area contributed by atoms with E-state index in [0.29, 0.717) is 5.69 Å². The predicted molar refractivity (Wildman–Crippen MR) is 161 cm³/mol. The first-order valence-corrected chi connectivity index (χ1v) is 13.9. The van der Waals surface area contributed by atoms with Crippen molar-refractivity contribution in [2.75, 3.05) is 0 Å². The van der Waals surface area contributed by atoms with Crippen LogP contribution >= 0.6 is 22.7 Å². The Hall–Kier alpha value is -5.08. The van der Waals surface area contributed by atoms with Gasteiger partial charge in [0.25, 0.3) is 0 Å². The molecule has 7 heteroatoms. The zero-order valence-electron chi connectivity index (χ0n) is 20.2. The Morgan fingerprint density at radius 2 is 1.46 bits per heavy atom. The Labute approximate surface area is 230 Å². The van der Waals surface area contributed by atoms with Crippen molar-refractivity contribution in [3.05, 3.63) is 108 Å². The second-order valence-corrected chi connectivity index (χ2v) is 11.3. The van der Waals surface area contributed by atoms with Crippen molar-refractivity contribution in [1.29, 1.82) is 5.26 Å². The maximum absolute atomic E-state index is 9.45. The fourth-order valence-electron chi connectivity index (χ4n) is 5.54. The number of hydrogen-bond donors (Lipinski definition) is 0. The van der Waals surface area contributed by atoms with Crippen LogP contribution in [0, 0.1) is 17.9 Å². The van der Waals surface area contributed by atoms with Gasteiger partial charge in [-0.1, -0.05) is 73.3 Å². The molecule has 0 radical (unpaired) electrons. The molecule has 0 amide bonds. The third-order valence-electron chi connectivity index (χ3n) is 7.18. The van der Waals surface area contributed by atoms with Crippen LogP contribution < -0.4 is 0 Å². The summed E-state index contributed by atoms with van der Waals surface area (Å²) in [4.78, 5) is 12.5. The van der Waals surface area contributed by atoms with Gasteiger partial charge in [-0.05, 0) is 18.2 Å². The minimum absolute atomic E-state index is 0.0188. The molecule has 0 bridgehead atoms. The van der Waals surface area contributed by atoms with Crippen molar-refractivity contribution < 1.29 is 0 Å². The number of rotatable bonds is 2. The topological polar surface area (TPSA) is 58.9 Å². The number of thiophene rings is 2. The number of nitriles is 1. The molecule has 0 fully saturated rings. The highest BCUT2D eigenvalue weighted by Gasteiger charge is 2.25. The Balaban J connectivity index is 1.58. The van der Waals surface area contributed by atoms with Gasteiger partial charge in [0, 0.05) is 36.3 Å². The molecule has 4 aromatic heterocycles. The minimum Gasteiger partial charge on any atom is -0.358 e. The van der Waals surface area contributed by atoms with Crippen molar-refractivity contribution in [3.8, 4) is 22.3 Å². The number of fused-ring (bicyclic) bond motifs is 8. The summed E-state index contributed by atoms with van der Waals surface area (Å²) in [5.41, 5.74) is 3.81. The van der Waals surface area contributed by atoms with Gasteiger partial charge < -0.3 is 4.85 Å². The normalized spacial score (nSPS) is 11.5. The minimum atomic E-state index is 0.0188. The fraction of sp³-hybridized carbons (Fsp3) is 0. The Kier molecular flexibility index (Phi) is 4.62. The van der Waals surface area contributed by atoms with Gasteiger partial charge in [0.05, 0.1) is 27.5 Å². The molecule has 5 nitrogen and oxygen atoms in total. The van der Waals surface area contributed by atoms with Crippen LogP contribution in [0.25, 0.3) is 73.2 Å². The molecule has 0 N–H and O–H groups in total. The van der Waals surface area contributed by atoms with Crippen molar-refractivity contribution >= 4 is 80.6 Å². The van der Waals surface area contributed by atoms with E-state index in [9.17, 15) is 5.26 Å². The summed E-state index contributed by atoms with van der Waals surface area (Å²) in [7, 11) is 0. The van der Waals surface area contributed by atoms with Crippen molar-refractivity contribution in [2.24, 2.45) is 0 Å². The maximum atomic E-state index is 9.45. The van der Waals surface area contributed by atoms with Gasteiger partial charge in [-0.3, -0.25) is 9.55 Å². The lowest BCUT2D eigenvalue weighted by Gasteiger charge is -2.09. The Morgan fingerprint density at radius 1 is 0.769 bits per heavy atom. The summed E-state index contributed by atoms with van der Waals surface area (Å²) < 4.78 is 5.97. The molecule has 0 aliphatic heterocycles. The number of nitrogens with zero attached hydrogens (tertiary/aromatic N) is 5. The van der Waals surface area contributed by atoms with Gasteiger partial charge in [0.1, 0.15) is 11.1 Å². The van der Waals surface area contributed by atoms with Crippen LogP contribution in [-0.4, -0.2) is 14.5 Å². The number of para-hydroxylation sites is 1. The summed E-state index contributed by atoms with van der Waals surface area (Å²) in [6.07, 6.45) is 1.62. The maximum Gasteiger partial charge on any atom is 0.306 e. The van der Waals surface area contributed by atoms with E-state index in [2.05, 4.69) is 92.2 Å². The Morgan fingerprint density at radius 3 is 2.26 bits per heavy atom. The summed E-state index contributed by atoms with van der Waals surface area (Å²) in [6.45, 7) is 7.60. The molecule has 180 valence electrons. The molecule has 0 atom stereocenters. The molecule has 8 aromatic rings. The molecule has 4 heterocycles. The van der Waals surface area contributed by atoms with E-state index in [4.69, 9.17) is 6.57 Å². The van der Waals surface area contributed by atoms with Crippen LogP contribution in [0.4, 0.5) is 5.82 Å². The van der Waals surface area contributed by atoms with E-state index in [1.54, 1.807) is 17.5 Å². The summed E-state index contributed by atoms with van der Waals surface area (Å²) >= 11 is 3.52. The first-order valence-electron chi connectivity index (χ1n) is 12.3. The molecule has 0 aliphatic carbocycles. The van der Waals surface area contributed by atoms with E-state index in [-0.39, 0.29) is 11.5 Å². The summed E-state index contributed by atoms with van der Waals surface area (Å²) in [6, 6.07) is 31.8. The molecule has 0 unspecified atom stereocenters. The fourth-order valence-corrected chi connectivity index (χ4v) is 8.01. The third-order valence-corrected chi connectivity index (χ3v) is 9.53. The molecule has 0 saturated heterocycles. The van der Waals surface area contributed by atoms with Gasteiger partial charge in [-0.25, -0.2) is 0 Å². The van der Waals surface area contributed by atoms with Crippen molar-refractivity contribution in [3.63, 3.8) is 0 Å². The zero-order valence-corrected chi connectivity index (χ0v) is 21.8. The molecule has 8 rings (SSSR count). The van der Waals surface area contributed by atoms with Gasteiger partial charge >= 0.3 is 5.82 Å². The second kappa shape index (κ2) is 8.21.